The Labute approximate surface area is 144 Å². The van der Waals surface area contributed by atoms with Gasteiger partial charge in [0.2, 0.25) is 5.91 Å². The monoisotopic (exact) mass is 426 g/mol. The summed E-state index contributed by atoms with van der Waals surface area (Å²) in [5, 5.41) is 22.3. The number of carboxylic acids is 1. The number of nitro benzene ring substituents is 1. The third-order valence-electron chi connectivity index (χ3n) is 3.00. The highest BCUT2D eigenvalue weighted by Crippen LogP contribution is 2.19. The van der Waals surface area contributed by atoms with Crippen molar-refractivity contribution in [3.63, 3.8) is 0 Å². The molecule has 0 unspecified atom stereocenters. The Morgan fingerprint density at radius 2 is 1.83 bits per heavy atom. The largest absolute Gasteiger partial charge is 0.478 e. The lowest BCUT2D eigenvalue weighted by Crippen LogP contribution is -2.17. The fourth-order valence-corrected chi connectivity index (χ4v) is 2.41. The fourth-order valence-electron chi connectivity index (χ4n) is 1.92. The molecule has 0 saturated heterocycles. The molecule has 2 aromatic rings. The maximum Gasteiger partial charge on any atom is 0.337 e. The summed E-state index contributed by atoms with van der Waals surface area (Å²) in [4.78, 5) is 33.3. The molecular formula is C15H11IN2O5. The van der Waals surface area contributed by atoms with Gasteiger partial charge in [0.1, 0.15) is 0 Å². The van der Waals surface area contributed by atoms with Gasteiger partial charge in [0.15, 0.2) is 0 Å². The standard InChI is InChI=1S/C15H11IN2O5/c16-10-3-6-13(12(8-10)15(20)21)17-14(19)7-9-1-4-11(5-2-9)18(22)23/h1-6,8H,7H2,(H,17,19)(H,20,21). The zero-order valence-electron chi connectivity index (χ0n) is 11.7. The van der Waals surface area contributed by atoms with Gasteiger partial charge in [-0.3, -0.25) is 14.9 Å². The quantitative estimate of drug-likeness (QED) is 0.434. The number of rotatable bonds is 5. The van der Waals surface area contributed by atoms with Crippen LogP contribution in [-0.4, -0.2) is 21.9 Å². The smallest absolute Gasteiger partial charge is 0.337 e. The summed E-state index contributed by atoms with van der Waals surface area (Å²) < 4.78 is 0.744. The van der Waals surface area contributed by atoms with Crippen LogP contribution in [-0.2, 0) is 11.2 Å². The highest BCUT2D eigenvalue weighted by atomic mass is 127. The summed E-state index contributed by atoms with van der Waals surface area (Å²) in [6, 6.07) is 10.3. The molecular weight excluding hydrogens is 415 g/mol. The zero-order valence-corrected chi connectivity index (χ0v) is 13.8. The van der Waals surface area contributed by atoms with E-state index in [2.05, 4.69) is 5.32 Å². The predicted octanol–water partition coefficient (Wildman–Crippen LogP) is 3.08. The van der Waals surface area contributed by atoms with Crippen LogP contribution in [0.4, 0.5) is 11.4 Å². The molecule has 0 aliphatic carbocycles. The van der Waals surface area contributed by atoms with Crippen LogP contribution >= 0.6 is 22.6 Å². The number of hydrogen-bond acceptors (Lipinski definition) is 4. The van der Waals surface area contributed by atoms with Crippen molar-refractivity contribution >= 4 is 45.8 Å². The normalized spacial score (nSPS) is 10.1. The lowest BCUT2D eigenvalue weighted by molar-refractivity contribution is -0.384. The van der Waals surface area contributed by atoms with Crippen molar-refractivity contribution in [3.8, 4) is 0 Å². The summed E-state index contributed by atoms with van der Waals surface area (Å²) in [7, 11) is 0. The second-order valence-corrected chi connectivity index (χ2v) is 5.89. The fraction of sp³-hybridized carbons (Fsp3) is 0.0667. The van der Waals surface area contributed by atoms with Gasteiger partial charge < -0.3 is 10.4 Å². The predicted molar refractivity (Wildman–Crippen MR) is 91.5 cm³/mol. The van der Waals surface area contributed by atoms with Crippen molar-refractivity contribution in [1.82, 2.24) is 0 Å². The molecule has 0 bridgehead atoms. The Kier molecular flexibility index (Phi) is 5.27. The Balaban J connectivity index is 2.11. The van der Waals surface area contributed by atoms with Gasteiger partial charge in [0.05, 0.1) is 22.6 Å². The minimum Gasteiger partial charge on any atom is -0.478 e. The molecule has 1 amide bonds. The first kappa shape index (κ1) is 16.9. The number of non-ortho nitro benzene ring substituents is 1. The summed E-state index contributed by atoms with van der Waals surface area (Å²) in [6.45, 7) is 0. The van der Waals surface area contributed by atoms with E-state index in [0.29, 0.717) is 5.56 Å². The number of halogens is 1. The molecule has 23 heavy (non-hydrogen) atoms. The van der Waals surface area contributed by atoms with Crippen molar-refractivity contribution in [1.29, 1.82) is 0 Å². The minimum absolute atomic E-state index is 0.00829. The molecule has 0 saturated carbocycles. The number of hydrogen-bond donors (Lipinski definition) is 2. The number of benzene rings is 2. The molecule has 7 nitrogen and oxygen atoms in total. The summed E-state index contributed by atoms with van der Waals surface area (Å²) >= 11 is 1.98. The van der Waals surface area contributed by atoms with Gasteiger partial charge in [-0.15, -0.1) is 0 Å². The molecule has 2 N–H and O–H groups in total. The van der Waals surface area contributed by atoms with Crippen LogP contribution in [0.1, 0.15) is 15.9 Å². The summed E-state index contributed by atoms with van der Waals surface area (Å²) in [5.74, 6) is -1.53. The summed E-state index contributed by atoms with van der Waals surface area (Å²) in [6.07, 6.45) is -0.0109. The van der Waals surface area contributed by atoms with Crippen LogP contribution in [0.25, 0.3) is 0 Å². The van der Waals surface area contributed by atoms with E-state index in [4.69, 9.17) is 5.11 Å². The lowest BCUT2D eigenvalue weighted by atomic mass is 10.1. The second kappa shape index (κ2) is 7.18. The van der Waals surface area contributed by atoms with E-state index in [0.717, 1.165) is 3.57 Å². The first-order valence-corrected chi connectivity index (χ1v) is 7.50. The Morgan fingerprint density at radius 3 is 2.39 bits per heavy atom. The number of nitro groups is 1. The van der Waals surface area contributed by atoms with Crippen molar-refractivity contribution in [3.05, 3.63) is 67.3 Å². The SMILES string of the molecule is O=C(Cc1ccc([N+](=O)[O-])cc1)Nc1ccc(I)cc1C(=O)O. The Bertz CT molecular complexity index is 774. The van der Waals surface area contributed by atoms with E-state index in [-0.39, 0.29) is 23.4 Å². The van der Waals surface area contributed by atoms with E-state index < -0.39 is 16.8 Å². The van der Waals surface area contributed by atoms with E-state index in [9.17, 15) is 19.7 Å². The highest BCUT2D eigenvalue weighted by Gasteiger charge is 2.14. The van der Waals surface area contributed by atoms with Crippen molar-refractivity contribution in [2.45, 2.75) is 6.42 Å². The number of nitrogens with one attached hydrogen (secondary N) is 1. The Hall–Kier alpha value is -2.49. The second-order valence-electron chi connectivity index (χ2n) is 4.64. The third-order valence-corrected chi connectivity index (χ3v) is 3.67. The van der Waals surface area contributed by atoms with Crippen molar-refractivity contribution in [2.24, 2.45) is 0 Å². The molecule has 0 radical (unpaired) electrons. The van der Waals surface area contributed by atoms with Gasteiger partial charge in [0.25, 0.3) is 5.69 Å². The number of aromatic carboxylic acids is 1. The molecule has 0 fully saturated rings. The maximum absolute atomic E-state index is 12.0. The molecule has 0 spiro atoms. The number of carbonyl (C=O) groups excluding carboxylic acids is 1. The first-order valence-electron chi connectivity index (χ1n) is 6.43. The van der Waals surface area contributed by atoms with Crippen molar-refractivity contribution < 1.29 is 19.6 Å². The minimum atomic E-state index is -1.13. The molecule has 8 heteroatoms. The number of amides is 1. The molecule has 0 aromatic heterocycles. The topological polar surface area (TPSA) is 110 Å². The molecule has 0 aliphatic heterocycles. The van der Waals surface area contributed by atoms with Gasteiger partial charge in [-0.1, -0.05) is 12.1 Å². The van der Waals surface area contributed by atoms with Crippen LogP contribution < -0.4 is 5.32 Å². The average molecular weight is 426 g/mol. The third kappa shape index (κ3) is 4.49. The number of nitrogens with zero attached hydrogens (tertiary/aromatic N) is 1. The molecule has 0 aliphatic rings. The molecule has 2 rings (SSSR count). The van der Waals surface area contributed by atoms with Gasteiger partial charge in [-0.25, -0.2) is 4.79 Å². The Morgan fingerprint density at radius 1 is 1.17 bits per heavy atom. The molecule has 118 valence electrons. The highest BCUT2D eigenvalue weighted by molar-refractivity contribution is 14.1. The number of anilines is 1. The van der Waals surface area contributed by atoms with Crippen LogP contribution in [0, 0.1) is 13.7 Å². The van der Waals surface area contributed by atoms with Crippen LogP contribution in [0.2, 0.25) is 0 Å². The molecule has 0 atom stereocenters. The van der Waals surface area contributed by atoms with E-state index in [1.165, 1.54) is 36.4 Å². The van der Waals surface area contributed by atoms with E-state index in [1.54, 1.807) is 6.07 Å². The number of carbonyl (C=O) groups is 2. The number of carboxylic acid groups (broad SMARTS) is 1. The maximum atomic E-state index is 12.0. The summed E-state index contributed by atoms with van der Waals surface area (Å²) in [5.41, 5.74) is 0.759. The van der Waals surface area contributed by atoms with Gasteiger partial charge in [0, 0.05) is 15.7 Å². The zero-order chi connectivity index (χ0) is 17.0. The average Bonchev–Trinajstić information content (AvgIpc) is 2.49. The lowest BCUT2D eigenvalue weighted by Gasteiger charge is -2.09. The van der Waals surface area contributed by atoms with Gasteiger partial charge in [-0.2, -0.15) is 0 Å². The van der Waals surface area contributed by atoms with Gasteiger partial charge >= 0.3 is 5.97 Å². The van der Waals surface area contributed by atoms with Crippen LogP contribution in [0.15, 0.2) is 42.5 Å². The first-order chi connectivity index (χ1) is 10.9. The van der Waals surface area contributed by atoms with Gasteiger partial charge in [-0.05, 0) is 46.4 Å². The van der Waals surface area contributed by atoms with E-state index >= 15 is 0 Å². The van der Waals surface area contributed by atoms with Crippen molar-refractivity contribution in [2.75, 3.05) is 5.32 Å². The molecule has 0 heterocycles. The van der Waals surface area contributed by atoms with E-state index in [1.807, 2.05) is 22.6 Å². The van der Waals surface area contributed by atoms with Crippen LogP contribution in [0.3, 0.4) is 0 Å². The molecule has 2 aromatic carbocycles. The van der Waals surface area contributed by atoms with Crippen LogP contribution in [0.5, 0.6) is 0 Å².